The molecule has 2 rings (SSSR count). The summed E-state index contributed by atoms with van der Waals surface area (Å²) in [5.41, 5.74) is 7.06. The molecule has 4 N–H and O–H groups in total. The highest BCUT2D eigenvalue weighted by Gasteiger charge is 2.11. The fraction of sp³-hybridized carbons (Fsp3) is 0.143. The largest absolute Gasteiger partial charge is 0.495 e. The number of carbonyl (C=O) groups is 1. The number of nitrogen functional groups attached to an aromatic ring is 1. The Morgan fingerprint density at radius 3 is 2.70 bits per heavy atom. The third-order valence-electron chi connectivity index (χ3n) is 2.79. The summed E-state index contributed by atoms with van der Waals surface area (Å²) in [6.07, 6.45) is 1.39. The number of aromatic nitrogens is 1. The Balaban J connectivity index is 2.23. The number of ether oxygens (including phenoxy) is 1. The molecular formula is C14H15N3O3. The smallest absolute Gasteiger partial charge is 0.261 e. The van der Waals surface area contributed by atoms with Gasteiger partial charge in [0.15, 0.2) is 5.43 Å². The molecule has 0 aliphatic carbocycles. The van der Waals surface area contributed by atoms with Crippen molar-refractivity contribution in [1.82, 2.24) is 4.98 Å². The second kappa shape index (κ2) is 5.48. The van der Waals surface area contributed by atoms with Crippen LogP contribution in [0.3, 0.4) is 0 Å². The first kappa shape index (κ1) is 13.7. The fourth-order valence-corrected chi connectivity index (χ4v) is 1.76. The van der Waals surface area contributed by atoms with Crippen molar-refractivity contribution < 1.29 is 9.53 Å². The third kappa shape index (κ3) is 2.80. The maximum absolute atomic E-state index is 12.0. The van der Waals surface area contributed by atoms with Crippen LogP contribution >= 0.6 is 0 Å². The number of aryl methyl sites for hydroxylation is 1. The Morgan fingerprint density at radius 1 is 1.35 bits per heavy atom. The van der Waals surface area contributed by atoms with Gasteiger partial charge in [-0.2, -0.15) is 0 Å². The molecule has 104 valence electrons. The van der Waals surface area contributed by atoms with Crippen LogP contribution in [0.2, 0.25) is 0 Å². The maximum Gasteiger partial charge on any atom is 0.261 e. The molecule has 20 heavy (non-hydrogen) atoms. The summed E-state index contributed by atoms with van der Waals surface area (Å²) in [5, 5.41) is 2.62. The monoisotopic (exact) mass is 273 g/mol. The number of hydrogen-bond donors (Lipinski definition) is 3. The van der Waals surface area contributed by atoms with Gasteiger partial charge in [0.1, 0.15) is 11.3 Å². The lowest BCUT2D eigenvalue weighted by Crippen LogP contribution is -2.21. The molecule has 1 aromatic carbocycles. The molecule has 0 saturated carbocycles. The van der Waals surface area contributed by atoms with Crippen LogP contribution in [0.15, 0.2) is 35.3 Å². The van der Waals surface area contributed by atoms with Crippen molar-refractivity contribution in [3.8, 4) is 5.75 Å². The molecule has 0 spiro atoms. The molecule has 6 heteroatoms. The van der Waals surface area contributed by atoms with E-state index in [9.17, 15) is 9.59 Å². The average Bonchev–Trinajstić information content (AvgIpc) is 2.38. The van der Waals surface area contributed by atoms with E-state index in [-0.39, 0.29) is 11.0 Å². The first-order valence-corrected chi connectivity index (χ1v) is 5.95. The van der Waals surface area contributed by atoms with Gasteiger partial charge in [-0.25, -0.2) is 0 Å². The first-order valence-electron chi connectivity index (χ1n) is 5.95. The Hall–Kier alpha value is -2.76. The number of carbonyl (C=O) groups excluding carboxylic acids is 1. The van der Waals surface area contributed by atoms with Gasteiger partial charge in [0.25, 0.3) is 5.91 Å². The van der Waals surface area contributed by atoms with Gasteiger partial charge in [0.2, 0.25) is 0 Å². The lowest BCUT2D eigenvalue weighted by atomic mass is 10.2. The van der Waals surface area contributed by atoms with Gasteiger partial charge in [-0.05, 0) is 25.1 Å². The van der Waals surface area contributed by atoms with Gasteiger partial charge in [0.05, 0.1) is 12.8 Å². The van der Waals surface area contributed by atoms with Crippen LogP contribution in [-0.4, -0.2) is 18.0 Å². The Kier molecular flexibility index (Phi) is 3.74. The minimum absolute atomic E-state index is 0.0463. The minimum Gasteiger partial charge on any atom is -0.495 e. The predicted molar refractivity (Wildman–Crippen MR) is 77.2 cm³/mol. The summed E-state index contributed by atoms with van der Waals surface area (Å²) >= 11 is 0. The van der Waals surface area contributed by atoms with E-state index in [2.05, 4.69) is 10.3 Å². The van der Waals surface area contributed by atoms with E-state index >= 15 is 0 Å². The number of methoxy groups -OCH3 is 1. The zero-order valence-corrected chi connectivity index (χ0v) is 11.2. The van der Waals surface area contributed by atoms with Crippen molar-refractivity contribution in [2.75, 3.05) is 18.2 Å². The third-order valence-corrected chi connectivity index (χ3v) is 2.79. The molecule has 0 aliphatic heterocycles. The molecule has 0 unspecified atom stereocenters. The summed E-state index contributed by atoms with van der Waals surface area (Å²) in [4.78, 5) is 26.6. The number of amides is 1. The molecule has 0 fully saturated rings. The molecule has 0 atom stereocenters. The van der Waals surface area contributed by atoms with Crippen LogP contribution in [0.4, 0.5) is 11.4 Å². The fourth-order valence-electron chi connectivity index (χ4n) is 1.76. The number of H-pyrrole nitrogens is 1. The Bertz CT molecular complexity index is 707. The van der Waals surface area contributed by atoms with E-state index < -0.39 is 5.91 Å². The Morgan fingerprint density at radius 2 is 2.10 bits per heavy atom. The van der Waals surface area contributed by atoms with Crippen molar-refractivity contribution in [2.45, 2.75) is 6.92 Å². The highest BCUT2D eigenvalue weighted by atomic mass is 16.5. The number of nitrogens with one attached hydrogen (secondary N) is 2. The molecule has 6 nitrogen and oxygen atoms in total. The van der Waals surface area contributed by atoms with Gasteiger partial charge in [-0.3, -0.25) is 9.59 Å². The second-order valence-corrected chi connectivity index (χ2v) is 4.30. The molecule has 0 saturated heterocycles. The number of pyridine rings is 1. The van der Waals surface area contributed by atoms with Crippen molar-refractivity contribution in [1.29, 1.82) is 0 Å². The number of benzene rings is 1. The topological polar surface area (TPSA) is 97.2 Å². The van der Waals surface area contributed by atoms with Crippen LogP contribution in [0, 0.1) is 6.92 Å². The van der Waals surface area contributed by atoms with Crippen LogP contribution in [0.1, 0.15) is 16.1 Å². The standard InChI is InChI=1S/C14H15N3O3/c1-8-5-12(18)10(7-16-8)14(19)17-9-3-4-13(20-2)11(15)6-9/h3-7H,15H2,1-2H3,(H,16,18)(H,17,19). The number of hydrogen-bond acceptors (Lipinski definition) is 4. The SMILES string of the molecule is COc1ccc(NC(=O)c2c[nH]c(C)cc2=O)cc1N. The molecule has 0 radical (unpaired) electrons. The molecule has 0 aliphatic rings. The maximum atomic E-state index is 12.0. The van der Waals surface area contributed by atoms with E-state index in [1.807, 2.05) is 0 Å². The highest BCUT2D eigenvalue weighted by Crippen LogP contribution is 2.24. The van der Waals surface area contributed by atoms with Crippen molar-refractivity contribution in [2.24, 2.45) is 0 Å². The van der Waals surface area contributed by atoms with Crippen LogP contribution in [-0.2, 0) is 0 Å². The van der Waals surface area contributed by atoms with Gasteiger partial charge in [0, 0.05) is 23.6 Å². The predicted octanol–water partition coefficient (Wildman–Crippen LogP) is 1.53. The summed E-state index contributed by atoms with van der Waals surface area (Å²) in [6, 6.07) is 6.23. The molecule has 0 bridgehead atoms. The van der Waals surface area contributed by atoms with Gasteiger partial charge >= 0.3 is 0 Å². The number of aromatic amines is 1. The number of nitrogens with two attached hydrogens (primary N) is 1. The molecule has 1 amide bonds. The van der Waals surface area contributed by atoms with E-state index in [0.717, 1.165) is 0 Å². The van der Waals surface area contributed by atoms with Crippen LogP contribution < -0.4 is 21.2 Å². The lowest BCUT2D eigenvalue weighted by Gasteiger charge is -2.08. The molecular weight excluding hydrogens is 258 g/mol. The zero-order chi connectivity index (χ0) is 14.7. The molecule has 2 aromatic rings. The van der Waals surface area contributed by atoms with E-state index in [0.29, 0.717) is 22.8 Å². The summed E-state index contributed by atoms with van der Waals surface area (Å²) in [6.45, 7) is 1.74. The number of anilines is 2. The van der Waals surface area contributed by atoms with E-state index in [1.54, 1.807) is 25.1 Å². The number of rotatable bonds is 3. The van der Waals surface area contributed by atoms with E-state index in [1.165, 1.54) is 19.4 Å². The minimum atomic E-state index is -0.490. The Labute approximate surface area is 115 Å². The molecule has 1 heterocycles. The zero-order valence-electron chi connectivity index (χ0n) is 11.2. The highest BCUT2D eigenvalue weighted by molar-refractivity contribution is 6.04. The van der Waals surface area contributed by atoms with Crippen molar-refractivity contribution >= 4 is 17.3 Å². The lowest BCUT2D eigenvalue weighted by molar-refractivity contribution is 0.102. The van der Waals surface area contributed by atoms with Gasteiger partial charge < -0.3 is 20.8 Å². The summed E-state index contributed by atoms with van der Waals surface area (Å²) < 4.78 is 5.03. The van der Waals surface area contributed by atoms with Gasteiger partial charge in [-0.15, -0.1) is 0 Å². The van der Waals surface area contributed by atoms with Crippen molar-refractivity contribution in [3.63, 3.8) is 0 Å². The van der Waals surface area contributed by atoms with Crippen molar-refractivity contribution in [3.05, 3.63) is 51.9 Å². The van der Waals surface area contributed by atoms with E-state index in [4.69, 9.17) is 10.5 Å². The molecule has 1 aromatic heterocycles. The second-order valence-electron chi connectivity index (χ2n) is 4.30. The van der Waals surface area contributed by atoms with Gasteiger partial charge in [-0.1, -0.05) is 0 Å². The first-order chi connectivity index (χ1) is 9.51. The summed E-state index contributed by atoms with van der Waals surface area (Å²) in [5.74, 6) is 0.0343. The van der Waals surface area contributed by atoms with Crippen LogP contribution in [0.25, 0.3) is 0 Å². The quantitative estimate of drug-likeness (QED) is 0.739. The summed E-state index contributed by atoms with van der Waals surface area (Å²) in [7, 11) is 1.51. The normalized spacial score (nSPS) is 10.1. The average molecular weight is 273 g/mol. The van der Waals surface area contributed by atoms with Crippen LogP contribution in [0.5, 0.6) is 5.75 Å².